The maximum absolute atomic E-state index is 9.87. The molecule has 1 aliphatic rings. The lowest BCUT2D eigenvalue weighted by Crippen LogP contribution is -2.36. The fourth-order valence-corrected chi connectivity index (χ4v) is 2.37. The van der Waals surface area contributed by atoms with Crippen LogP contribution in [0.2, 0.25) is 0 Å². The third-order valence-electron chi connectivity index (χ3n) is 3.33. The zero-order valence-electron chi connectivity index (χ0n) is 9.60. The van der Waals surface area contributed by atoms with Crippen molar-refractivity contribution in [2.24, 2.45) is 0 Å². The topological polar surface area (TPSA) is 58.3 Å². The summed E-state index contributed by atoms with van der Waals surface area (Å²) in [6, 6.07) is 8.25. The van der Waals surface area contributed by atoms with E-state index < -0.39 is 0 Å². The number of rotatable bonds is 2. The van der Waals surface area contributed by atoms with Gasteiger partial charge in [0.15, 0.2) is 5.58 Å². The molecule has 1 aromatic heterocycles. The molecule has 1 heterocycles. The largest absolute Gasteiger partial charge is 0.424 e. The van der Waals surface area contributed by atoms with Crippen molar-refractivity contribution in [1.29, 1.82) is 0 Å². The molecule has 90 valence electrons. The number of oxazole rings is 1. The van der Waals surface area contributed by atoms with Gasteiger partial charge in [0.1, 0.15) is 5.52 Å². The van der Waals surface area contributed by atoms with Crippen molar-refractivity contribution in [3.8, 4) is 0 Å². The second kappa shape index (κ2) is 4.37. The first kappa shape index (κ1) is 10.6. The molecule has 1 fully saturated rings. The lowest BCUT2D eigenvalue weighted by Gasteiger charge is -2.27. The summed E-state index contributed by atoms with van der Waals surface area (Å²) in [7, 11) is 0. The van der Waals surface area contributed by atoms with E-state index in [4.69, 9.17) is 4.42 Å². The number of anilines is 1. The van der Waals surface area contributed by atoms with Crippen LogP contribution in [0.5, 0.6) is 0 Å². The van der Waals surface area contributed by atoms with Crippen LogP contribution < -0.4 is 5.32 Å². The molecule has 0 saturated heterocycles. The Morgan fingerprint density at radius 1 is 1.24 bits per heavy atom. The van der Waals surface area contributed by atoms with Crippen LogP contribution in [-0.2, 0) is 0 Å². The number of aromatic nitrogens is 1. The van der Waals surface area contributed by atoms with Gasteiger partial charge in [-0.05, 0) is 25.0 Å². The molecule has 1 aromatic carbocycles. The number of nitrogens with one attached hydrogen (secondary N) is 1. The van der Waals surface area contributed by atoms with Crippen LogP contribution >= 0.6 is 0 Å². The number of para-hydroxylation sites is 2. The summed E-state index contributed by atoms with van der Waals surface area (Å²) in [5, 5.41) is 13.1. The maximum Gasteiger partial charge on any atom is 0.295 e. The van der Waals surface area contributed by atoms with Crippen LogP contribution in [0.15, 0.2) is 28.7 Å². The Labute approximate surface area is 99.7 Å². The fourth-order valence-electron chi connectivity index (χ4n) is 2.37. The molecule has 1 saturated carbocycles. The first-order valence-electron chi connectivity index (χ1n) is 6.13. The van der Waals surface area contributed by atoms with Crippen LogP contribution in [0, 0.1) is 0 Å². The Kier molecular flexibility index (Phi) is 2.73. The predicted octanol–water partition coefficient (Wildman–Crippen LogP) is 2.54. The number of hydrogen-bond acceptors (Lipinski definition) is 4. The monoisotopic (exact) mass is 232 g/mol. The lowest BCUT2D eigenvalue weighted by molar-refractivity contribution is 0.115. The molecule has 2 aromatic rings. The molecular formula is C13H16N2O2. The second-order valence-corrected chi connectivity index (χ2v) is 4.59. The third-order valence-corrected chi connectivity index (χ3v) is 3.33. The Bertz CT molecular complexity index is 476. The van der Waals surface area contributed by atoms with Gasteiger partial charge < -0.3 is 14.8 Å². The van der Waals surface area contributed by atoms with E-state index in [1.807, 2.05) is 24.3 Å². The smallest absolute Gasteiger partial charge is 0.295 e. The van der Waals surface area contributed by atoms with Crippen molar-refractivity contribution in [2.75, 3.05) is 5.32 Å². The summed E-state index contributed by atoms with van der Waals surface area (Å²) in [5.41, 5.74) is 1.63. The predicted molar refractivity (Wildman–Crippen MR) is 65.9 cm³/mol. The van der Waals surface area contributed by atoms with E-state index in [-0.39, 0.29) is 12.1 Å². The van der Waals surface area contributed by atoms with E-state index in [0.29, 0.717) is 6.01 Å². The number of aliphatic hydroxyl groups excluding tert-OH is 1. The quantitative estimate of drug-likeness (QED) is 0.835. The van der Waals surface area contributed by atoms with E-state index in [9.17, 15) is 5.11 Å². The Morgan fingerprint density at radius 2 is 2.06 bits per heavy atom. The molecule has 0 unspecified atom stereocenters. The van der Waals surface area contributed by atoms with Gasteiger partial charge in [0.05, 0.1) is 12.1 Å². The normalized spacial score (nSPS) is 25.0. The molecule has 2 N–H and O–H groups in total. The highest BCUT2D eigenvalue weighted by Crippen LogP contribution is 2.24. The van der Waals surface area contributed by atoms with Crippen molar-refractivity contribution in [1.82, 2.24) is 4.98 Å². The van der Waals surface area contributed by atoms with Crippen LogP contribution in [0.3, 0.4) is 0 Å². The first-order chi connectivity index (χ1) is 8.33. The van der Waals surface area contributed by atoms with E-state index in [0.717, 1.165) is 36.8 Å². The molecule has 0 bridgehead atoms. The molecule has 0 radical (unpaired) electrons. The van der Waals surface area contributed by atoms with Gasteiger partial charge >= 0.3 is 0 Å². The van der Waals surface area contributed by atoms with Gasteiger partial charge in [0, 0.05) is 0 Å². The van der Waals surface area contributed by atoms with Crippen LogP contribution in [-0.4, -0.2) is 22.2 Å². The SMILES string of the molecule is O[C@H]1CCCC[C@@H]1Nc1nc2ccccc2o1. The summed E-state index contributed by atoms with van der Waals surface area (Å²) in [4.78, 5) is 4.35. The summed E-state index contributed by atoms with van der Waals surface area (Å²) in [5.74, 6) is 0. The van der Waals surface area contributed by atoms with E-state index in [1.54, 1.807) is 0 Å². The highest BCUT2D eigenvalue weighted by atomic mass is 16.4. The van der Waals surface area contributed by atoms with Crippen molar-refractivity contribution in [2.45, 2.75) is 37.8 Å². The average Bonchev–Trinajstić information content (AvgIpc) is 2.74. The minimum absolute atomic E-state index is 0.0665. The molecule has 0 amide bonds. The van der Waals surface area contributed by atoms with Crippen molar-refractivity contribution in [3.05, 3.63) is 24.3 Å². The molecule has 1 aliphatic carbocycles. The number of nitrogens with zero attached hydrogens (tertiary/aromatic N) is 1. The Balaban J connectivity index is 1.79. The number of fused-ring (bicyclic) bond motifs is 1. The van der Waals surface area contributed by atoms with Gasteiger partial charge in [-0.15, -0.1) is 0 Å². The molecule has 17 heavy (non-hydrogen) atoms. The Hall–Kier alpha value is -1.55. The summed E-state index contributed by atoms with van der Waals surface area (Å²) < 4.78 is 5.59. The van der Waals surface area contributed by atoms with Gasteiger partial charge in [0.25, 0.3) is 6.01 Å². The first-order valence-corrected chi connectivity index (χ1v) is 6.13. The molecule has 0 spiro atoms. The average molecular weight is 232 g/mol. The summed E-state index contributed by atoms with van der Waals surface area (Å²) in [6.07, 6.45) is 3.79. The molecule has 4 nitrogen and oxygen atoms in total. The molecule has 4 heteroatoms. The van der Waals surface area contributed by atoms with E-state index in [2.05, 4.69) is 10.3 Å². The van der Waals surface area contributed by atoms with Crippen LogP contribution in [0.25, 0.3) is 11.1 Å². The molecular weight excluding hydrogens is 216 g/mol. The number of aliphatic hydroxyl groups is 1. The second-order valence-electron chi connectivity index (χ2n) is 4.59. The van der Waals surface area contributed by atoms with Gasteiger partial charge in [-0.3, -0.25) is 0 Å². The van der Waals surface area contributed by atoms with E-state index >= 15 is 0 Å². The maximum atomic E-state index is 9.87. The van der Waals surface area contributed by atoms with Gasteiger partial charge in [-0.25, -0.2) is 0 Å². The lowest BCUT2D eigenvalue weighted by atomic mass is 9.93. The highest BCUT2D eigenvalue weighted by Gasteiger charge is 2.24. The number of benzene rings is 1. The van der Waals surface area contributed by atoms with Gasteiger partial charge in [-0.1, -0.05) is 25.0 Å². The zero-order chi connectivity index (χ0) is 11.7. The highest BCUT2D eigenvalue weighted by molar-refractivity contribution is 5.74. The summed E-state index contributed by atoms with van der Waals surface area (Å²) >= 11 is 0. The minimum Gasteiger partial charge on any atom is -0.424 e. The summed E-state index contributed by atoms with van der Waals surface area (Å²) in [6.45, 7) is 0. The number of hydrogen-bond donors (Lipinski definition) is 2. The molecule has 2 atom stereocenters. The zero-order valence-corrected chi connectivity index (χ0v) is 9.60. The minimum atomic E-state index is -0.293. The van der Waals surface area contributed by atoms with Crippen molar-refractivity contribution < 1.29 is 9.52 Å². The Morgan fingerprint density at radius 3 is 2.88 bits per heavy atom. The fraction of sp³-hybridized carbons (Fsp3) is 0.462. The molecule has 3 rings (SSSR count). The van der Waals surface area contributed by atoms with Crippen molar-refractivity contribution >= 4 is 17.1 Å². The van der Waals surface area contributed by atoms with Crippen molar-refractivity contribution in [3.63, 3.8) is 0 Å². The third kappa shape index (κ3) is 2.13. The standard InChI is InChI=1S/C13H16N2O2/c16-11-7-3-1-5-9(11)14-13-15-10-6-2-4-8-12(10)17-13/h2,4,6,8-9,11,16H,1,3,5,7H2,(H,14,15)/t9-,11-/m0/s1. The van der Waals surface area contributed by atoms with Crippen LogP contribution in [0.4, 0.5) is 6.01 Å². The van der Waals surface area contributed by atoms with E-state index in [1.165, 1.54) is 0 Å². The van der Waals surface area contributed by atoms with Gasteiger partial charge in [-0.2, -0.15) is 4.98 Å². The molecule has 0 aliphatic heterocycles. The van der Waals surface area contributed by atoms with Gasteiger partial charge in [0.2, 0.25) is 0 Å². The van der Waals surface area contributed by atoms with Crippen LogP contribution in [0.1, 0.15) is 25.7 Å².